The fourth-order valence-corrected chi connectivity index (χ4v) is 4.53. The van der Waals surface area contributed by atoms with Crippen molar-refractivity contribution in [1.82, 2.24) is 9.80 Å². The van der Waals surface area contributed by atoms with Gasteiger partial charge in [0.05, 0.1) is 12.6 Å². The second-order valence-electron chi connectivity index (χ2n) is 7.16. The first kappa shape index (κ1) is 20.7. The van der Waals surface area contributed by atoms with Gasteiger partial charge in [0.1, 0.15) is 12.4 Å². The Balaban J connectivity index is 1.77. The summed E-state index contributed by atoms with van der Waals surface area (Å²) in [6.07, 6.45) is 0.831. The molecule has 0 N–H and O–H groups in total. The van der Waals surface area contributed by atoms with Crippen molar-refractivity contribution >= 4 is 34.8 Å². The third-order valence-corrected chi connectivity index (χ3v) is 6.22. The van der Waals surface area contributed by atoms with Crippen LogP contribution >= 0.6 is 22.9 Å². The zero-order chi connectivity index (χ0) is 20.3. The largest absolute Gasteiger partial charge is 0.491 e. The van der Waals surface area contributed by atoms with E-state index in [0.717, 1.165) is 12.0 Å². The highest BCUT2D eigenvalue weighted by atomic mass is 35.5. The van der Waals surface area contributed by atoms with Crippen LogP contribution in [0.4, 0.5) is 0 Å². The molecule has 1 atom stereocenters. The first-order chi connectivity index (χ1) is 13.4. The van der Waals surface area contributed by atoms with Crippen molar-refractivity contribution in [3.05, 3.63) is 51.2 Å². The zero-order valence-corrected chi connectivity index (χ0v) is 17.9. The van der Waals surface area contributed by atoms with E-state index in [-0.39, 0.29) is 30.4 Å². The van der Waals surface area contributed by atoms with Crippen LogP contribution in [-0.4, -0.2) is 47.4 Å². The molecule has 7 heteroatoms. The summed E-state index contributed by atoms with van der Waals surface area (Å²) in [4.78, 5) is 29.7. The van der Waals surface area contributed by atoms with E-state index in [0.29, 0.717) is 23.9 Å². The summed E-state index contributed by atoms with van der Waals surface area (Å²) in [5, 5.41) is 2.71. The molecule has 1 aromatic carbocycles. The van der Waals surface area contributed by atoms with Crippen molar-refractivity contribution in [2.75, 3.05) is 19.7 Å². The quantitative estimate of drug-likeness (QED) is 0.704. The average molecular weight is 421 g/mol. The molecule has 2 aromatic rings. The Morgan fingerprint density at radius 1 is 1.29 bits per heavy atom. The van der Waals surface area contributed by atoms with Crippen molar-refractivity contribution in [2.24, 2.45) is 0 Å². The molecule has 0 saturated carbocycles. The number of carbonyl (C=O) groups is 2. The Hall–Kier alpha value is -2.05. The number of fused-ring (bicyclic) bond motifs is 1. The van der Waals surface area contributed by atoms with Crippen LogP contribution < -0.4 is 4.74 Å². The highest BCUT2D eigenvalue weighted by Gasteiger charge is 2.33. The number of thiophene rings is 1. The van der Waals surface area contributed by atoms with Gasteiger partial charge in [-0.1, -0.05) is 11.6 Å². The van der Waals surface area contributed by atoms with Crippen LogP contribution in [0.2, 0.25) is 5.02 Å². The molecule has 28 heavy (non-hydrogen) atoms. The molecule has 2 amide bonds. The van der Waals surface area contributed by atoms with Gasteiger partial charge in [0.15, 0.2) is 0 Å². The Morgan fingerprint density at radius 3 is 2.64 bits per heavy atom. The maximum Gasteiger partial charge on any atom is 0.242 e. The summed E-state index contributed by atoms with van der Waals surface area (Å²) in [5.41, 5.74) is 1.14. The molecule has 150 valence electrons. The van der Waals surface area contributed by atoms with Crippen molar-refractivity contribution in [2.45, 2.75) is 39.3 Å². The molecule has 0 aliphatic carbocycles. The lowest BCUT2D eigenvalue weighted by Crippen LogP contribution is -2.49. The Kier molecular flexibility index (Phi) is 6.62. The Labute approximate surface area is 174 Å². The normalized spacial score (nSPS) is 16.0. The van der Waals surface area contributed by atoms with E-state index < -0.39 is 0 Å². The van der Waals surface area contributed by atoms with Gasteiger partial charge in [0, 0.05) is 29.4 Å². The van der Waals surface area contributed by atoms with E-state index in [1.54, 1.807) is 28.4 Å². The van der Waals surface area contributed by atoms with Crippen LogP contribution in [0.1, 0.15) is 37.3 Å². The van der Waals surface area contributed by atoms with E-state index in [4.69, 9.17) is 16.3 Å². The van der Waals surface area contributed by atoms with Crippen LogP contribution in [0.5, 0.6) is 5.75 Å². The fourth-order valence-electron chi connectivity index (χ4n) is 3.47. The topological polar surface area (TPSA) is 49.9 Å². The number of nitrogens with zero attached hydrogens (tertiary/aromatic N) is 2. The summed E-state index contributed by atoms with van der Waals surface area (Å²) in [6, 6.07) is 9.09. The number of hydrogen-bond acceptors (Lipinski definition) is 4. The van der Waals surface area contributed by atoms with Crippen LogP contribution in [0.25, 0.3) is 0 Å². The molecule has 0 radical (unpaired) electrons. The Morgan fingerprint density at radius 2 is 2.00 bits per heavy atom. The standard InChI is InChI=1S/C21H25ClN2O3S/c1-14(2)24(15(3)25)12-21(26)23-10-8-20-18(9-11-28-20)19(23)13-27-17-6-4-16(22)5-7-17/h4-7,9,11,14,19H,8,10,12-13H2,1-3H3. The lowest BCUT2D eigenvalue weighted by atomic mass is 10.0. The second kappa shape index (κ2) is 8.97. The van der Waals surface area contributed by atoms with E-state index in [1.807, 2.05) is 30.9 Å². The molecule has 1 unspecified atom stereocenters. The molecule has 5 nitrogen and oxygen atoms in total. The van der Waals surface area contributed by atoms with Crippen LogP contribution in [0, 0.1) is 0 Å². The predicted octanol–water partition coefficient (Wildman–Crippen LogP) is 4.16. The van der Waals surface area contributed by atoms with Crippen LogP contribution in [0.3, 0.4) is 0 Å². The Bertz CT molecular complexity index is 834. The average Bonchev–Trinajstić information content (AvgIpc) is 3.13. The summed E-state index contributed by atoms with van der Waals surface area (Å²) in [6.45, 7) is 6.42. The van der Waals surface area contributed by atoms with E-state index in [1.165, 1.54) is 11.8 Å². The minimum absolute atomic E-state index is 0.0216. The van der Waals surface area contributed by atoms with Crippen LogP contribution in [0.15, 0.2) is 35.7 Å². The third-order valence-electron chi connectivity index (χ3n) is 4.97. The first-order valence-corrected chi connectivity index (χ1v) is 10.6. The zero-order valence-electron chi connectivity index (χ0n) is 16.4. The van der Waals surface area contributed by atoms with Crippen LogP contribution in [-0.2, 0) is 16.0 Å². The number of benzene rings is 1. The van der Waals surface area contributed by atoms with Gasteiger partial charge in [0.25, 0.3) is 0 Å². The molecule has 0 bridgehead atoms. The van der Waals surface area contributed by atoms with E-state index in [9.17, 15) is 9.59 Å². The van der Waals surface area contributed by atoms with Gasteiger partial charge in [-0.3, -0.25) is 9.59 Å². The highest BCUT2D eigenvalue weighted by Crippen LogP contribution is 2.34. The number of rotatable bonds is 6. The monoisotopic (exact) mass is 420 g/mol. The first-order valence-electron chi connectivity index (χ1n) is 9.38. The summed E-state index contributed by atoms with van der Waals surface area (Å²) < 4.78 is 5.98. The summed E-state index contributed by atoms with van der Waals surface area (Å²) in [7, 11) is 0. The molecule has 0 saturated heterocycles. The van der Waals surface area contributed by atoms with E-state index >= 15 is 0 Å². The molecule has 1 aliphatic rings. The van der Waals surface area contributed by atoms with Crippen molar-refractivity contribution in [3.8, 4) is 5.75 Å². The fraction of sp³-hybridized carbons (Fsp3) is 0.429. The van der Waals surface area contributed by atoms with Gasteiger partial charge in [0.2, 0.25) is 11.8 Å². The van der Waals surface area contributed by atoms with Gasteiger partial charge in [-0.05, 0) is 61.5 Å². The number of ether oxygens (including phenoxy) is 1. The molecule has 1 aromatic heterocycles. The van der Waals surface area contributed by atoms with Crippen molar-refractivity contribution in [3.63, 3.8) is 0 Å². The maximum atomic E-state index is 13.1. The lowest BCUT2D eigenvalue weighted by molar-refractivity contribution is -0.143. The van der Waals surface area contributed by atoms with Gasteiger partial charge in [-0.2, -0.15) is 0 Å². The van der Waals surface area contributed by atoms with Gasteiger partial charge in [-0.25, -0.2) is 0 Å². The number of carbonyl (C=O) groups excluding carboxylic acids is 2. The smallest absolute Gasteiger partial charge is 0.242 e. The number of halogens is 1. The molecule has 0 spiro atoms. The number of amides is 2. The van der Waals surface area contributed by atoms with E-state index in [2.05, 4.69) is 11.4 Å². The molecular weight excluding hydrogens is 396 g/mol. The molecule has 2 heterocycles. The second-order valence-corrected chi connectivity index (χ2v) is 8.59. The minimum atomic E-state index is -0.167. The molecule has 1 aliphatic heterocycles. The van der Waals surface area contributed by atoms with Crippen molar-refractivity contribution in [1.29, 1.82) is 0 Å². The SMILES string of the molecule is CC(=O)N(CC(=O)N1CCc2sccc2C1COc1ccc(Cl)cc1)C(C)C. The summed E-state index contributed by atoms with van der Waals surface area (Å²) >= 11 is 7.65. The van der Waals surface area contributed by atoms with Gasteiger partial charge >= 0.3 is 0 Å². The number of hydrogen-bond donors (Lipinski definition) is 0. The van der Waals surface area contributed by atoms with Gasteiger partial charge in [-0.15, -0.1) is 11.3 Å². The minimum Gasteiger partial charge on any atom is -0.491 e. The summed E-state index contributed by atoms with van der Waals surface area (Å²) in [5.74, 6) is 0.572. The predicted molar refractivity (Wildman–Crippen MR) is 112 cm³/mol. The molecular formula is C21H25ClN2O3S. The molecule has 0 fully saturated rings. The molecule has 3 rings (SSSR count). The van der Waals surface area contributed by atoms with Gasteiger partial charge < -0.3 is 14.5 Å². The maximum absolute atomic E-state index is 13.1. The van der Waals surface area contributed by atoms with Crippen molar-refractivity contribution < 1.29 is 14.3 Å². The highest BCUT2D eigenvalue weighted by molar-refractivity contribution is 7.10. The lowest BCUT2D eigenvalue weighted by Gasteiger charge is -2.37. The third kappa shape index (κ3) is 4.67.